The molecule has 1 unspecified atom stereocenters. The van der Waals surface area contributed by atoms with E-state index >= 15 is 0 Å². The van der Waals surface area contributed by atoms with Gasteiger partial charge in [0.15, 0.2) is 0 Å². The normalized spacial score (nSPS) is 19.8. The van der Waals surface area contributed by atoms with Crippen LogP contribution in [0.1, 0.15) is 37.3 Å². The first-order valence-corrected chi connectivity index (χ1v) is 6.15. The monoisotopic (exact) mass is 217 g/mol. The Balaban J connectivity index is 2.14. The molecular weight excluding hydrogens is 198 g/mol. The fraction of sp³-hybridized carbons (Fsp3) is 0.500. The minimum absolute atomic E-state index is 0.172. The summed E-state index contributed by atoms with van der Waals surface area (Å²) in [5.74, 6) is 0.172. The van der Waals surface area contributed by atoms with Crippen molar-refractivity contribution in [3.05, 3.63) is 35.4 Å². The number of unbranched alkanes of at least 4 members (excludes halogenated alkanes) is 1. The molecular formula is C14H19NO. The van der Waals surface area contributed by atoms with Gasteiger partial charge in [0.25, 0.3) is 0 Å². The van der Waals surface area contributed by atoms with Gasteiger partial charge in [-0.3, -0.25) is 4.79 Å². The summed E-state index contributed by atoms with van der Waals surface area (Å²) in [6, 6.07) is 8.62. The highest BCUT2D eigenvalue weighted by Gasteiger charge is 2.19. The Hall–Kier alpha value is -1.31. The molecule has 0 aliphatic carbocycles. The number of nitrogens with one attached hydrogen (secondary N) is 1. The van der Waals surface area contributed by atoms with E-state index in [2.05, 4.69) is 30.4 Å². The summed E-state index contributed by atoms with van der Waals surface area (Å²) in [5.41, 5.74) is 2.53. The van der Waals surface area contributed by atoms with Crippen molar-refractivity contribution in [3.63, 3.8) is 0 Å². The maximum Gasteiger partial charge on any atom is 0.224 e. The van der Waals surface area contributed by atoms with E-state index in [-0.39, 0.29) is 5.91 Å². The third-order valence-electron chi connectivity index (χ3n) is 3.21. The van der Waals surface area contributed by atoms with Crippen LogP contribution in [0.3, 0.4) is 0 Å². The Kier molecular flexibility index (Phi) is 3.60. The van der Waals surface area contributed by atoms with Crippen molar-refractivity contribution in [2.24, 2.45) is 0 Å². The first-order valence-electron chi connectivity index (χ1n) is 6.15. The van der Waals surface area contributed by atoms with E-state index in [0.29, 0.717) is 12.5 Å². The average Bonchev–Trinajstić information content (AvgIpc) is 2.43. The van der Waals surface area contributed by atoms with Crippen LogP contribution in [-0.2, 0) is 17.6 Å². The number of hydrogen-bond donors (Lipinski definition) is 1. The molecule has 1 aromatic rings. The molecule has 0 saturated carbocycles. The summed E-state index contributed by atoms with van der Waals surface area (Å²) >= 11 is 0. The van der Waals surface area contributed by atoms with E-state index in [1.165, 1.54) is 24.0 Å². The SMILES string of the molecule is CCCCC1Cc2ccccc2CC(=O)N1. The molecule has 1 N–H and O–H groups in total. The minimum atomic E-state index is 0.172. The smallest absolute Gasteiger partial charge is 0.224 e. The molecule has 2 nitrogen and oxygen atoms in total. The quantitative estimate of drug-likeness (QED) is 0.828. The molecule has 1 aromatic carbocycles. The van der Waals surface area contributed by atoms with E-state index in [0.717, 1.165) is 12.8 Å². The minimum Gasteiger partial charge on any atom is -0.353 e. The average molecular weight is 217 g/mol. The topological polar surface area (TPSA) is 29.1 Å². The fourth-order valence-electron chi connectivity index (χ4n) is 2.32. The summed E-state index contributed by atoms with van der Waals surface area (Å²) in [6.45, 7) is 2.19. The van der Waals surface area contributed by atoms with Gasteiger partial charge in [0.1, 0.15) is 0 Å². The molecule has 86 valence electrons. The molecule has 1 amide bonds. The number of rotatable bonds is 3. The largest absolute Gasteiger partial charge is 0.353 e. The van der Waals surface area contributed by atoms with Crippen LogP contribution < -0.4 is 5.32 Å². The Morgan fingerprint density at radius 2 is 2.06 bits per heavy atom. The van der Waals surface area contributed by atoms with E-state index in [1.54, 1.807) is 0 Å². The molecule has 0 bridgehead atoms. The van der Waals surface area contributed by atoms with Crippen molar-refractivity contribution in [1.82, 2.24) is 5.32 Å². The zero-order valence-corrected chi connectivity index (χ0v) is 9.83. The summed E-state index contributed by atoms with van der Waals surface area (Å²) in [4.78, 5) is 11.7. The second-order valence-electron chi connectivity index (χ2n) is 4.56. The molecule has 16 heavy (non-hydrogen) atoms. The van der Waals surface area contributed by atoms with Gasteiger partial charge in [-0.15, -0.1) is 0 Å². The number of fused-ring (bicyclic) bond motifs is 1. The number of carbonyl (C=O) groups excluding carboxylic acids is 1. The molecule has 0 radical (unpaired) electrons. The van der Waals surface area contributed by atoms with Gasteiger partial charge < -0.3 is 5.32 Å². The van der Waals surface area contributed by atoms with Crippen LogP contribution >= 0.6 is 0 Å². The van der Waals surface area contributed by atoms with Crippen LogP contribution in [0.2, 0.25) is 0 Å². The number of hydrogen-bond acceptors (Lipinski definition) is 1. The van der Waals surface area contributed by atoms with Crippen molar-refractivity contribution in [1.29, 1.82) is 0 Å². The predicted octanol–water partition coefficient (Wildman–Crippen LogP) is 2.46. The van der Waals surface area contributed by atoms with Gasteiger partial charge in [0, 0.05) is 6.04 Å². The highest BCUT2D eigenvalue weighted by Crippen LogP contribution is 2.17. The molecule has 2 rings (SSSR count). The molecule has 1 atom stereocenters. The lowest BCUT2D eigenvalue weighted by atomic mass is 9.98. The van der Waals surface area contributed by atoms with Gasteiger partial charge in [-0.25, -0.2) is 0 Å². The highest BCUT2D eigenvalue weighted by molar-refractivity contribution is 5.80. The fourth-order valence-corrected chi connectivity index (χ4v) is 2.32. The predicted molar refractivity (Wildman–Crippen MR) is 65.3 cm³/mol. The van der Waals surface area contributed by atoms with Crippen molar-refractivity contribution in [2.45, 2.75) is 45.1 Å². The van der Waals surface area contributed by atoms with Gasteiger partial charge >= 0.3 is 0 Å². The molecule has 1 heterocycles. The third-order valence-corrected chi connectivity index (χ3v) is 3.21. The van der Waals surface area contributed by atoms with Crippen molar-refractivity contribution < 1.29 is 4.79 Å². The van der Waals surface area contributed by atoms with Crippen molar-refractivity contribution >= 4 is 5.91 Å². The second kappa shape index (κ2) is 5.15. The van der Waals surface area contributed by atoms with E-state index < -0.39 is 0 Å². The molecule has 0 aromatic heterocycles. The molecule has 0 spiro atoms. The zero-order valence-electron chi connectivity index (χ0n) is 9.83. The molecule has 0 saturated heterocycles. The van der Waals surface area contributed by atoms with Crippen LogP contribution in [0, 0.1) is 0 Å². The number of benzene rings is 1. The van der Waals surface area contributed by atoms with Crippen LogP contribution in [0.25, 0.3) is 0 Å². The van der Waals surface area contributed by atoms with E-state index in [1.807, 2.05) is 6.07 Å². The zero-order chi connectivity index (χ0) is 11.4. The lowest BCUT2D eigenvalue weighted by molar-refractivity contribution is -0.121. The summed E-state index contributed by atoms with van der Waals surface area (Å²) in [6.07, 6.45) is 5.00. The molecule has 1 aliphatic rings. The maximum atomic E-state index is 11.7. The molecule has 2 heteroatoms. The summed E-state index contributed by atoms with van der Waals surface area (Å²) in [5, 5.41) is 3.12. The summed E-state index contributed by atoms with van der Waals surface area (Å²) < 4.78 is 0. The van der Waals surface area contributed by atoms with Crippen molar-refractivity contribution in [3.8, 4) is 0 Å². The van der Waals surface area contributed by atoms with Gasteiger partial charge in [0.2, 0.25) is 5.91 Å². The highest BCUT2D eigenvalue weighted by atomic mass is 16.1. The number of carbonyl (C=O) groups is 1. The van der Waals surface area contributed by atoms with Crippen LogP contribution in [0.4, 0.5) is 0 Å². The van der Waals surface area contributed by atoms with E-state index in [9.17, 15) is 4.79 Å². The third kappa shape index (κ3) is 2.63. The second-order valence-corrected chi connectivity index (χ2v) is 4.56. The van der Waals surface area contributed by atoms with Crippen LogP contribution in [0.5, 0.6) is 0 Å². The Bertz CT molecular complexity index is 373. The van der Waals surface area contributed by atoms with Gasteiger partial charge in [-0.2, -0.15) is 0 Å². The lowest BCUT2D eigenvalue weighted by Gasteiger charge is -2.15. The van der Waals surface area contributed by atoms with Crippen LogP contribution in [-0.4, -0.2) is 11.9 Å². The van der Waals surface area contributed by atoms with Crippen molar-refractivity contribution in [2.75, 3.05) is 0 Å². The Morgan fingerprint density at radius 3 is 2.81 bits per heavy atom. The van der Waals surface area contributed by atoms with Crippen LogP contribution in [0.15, 0.2) is 24.3 Å². The Labute approximate surface area is 97.1 Å². The first-order chi connectivity index (χ1) is 7.79. The van der Waals surface area contributed by atoms with Gasteiger partial charge in [0.05, 0.1) is 6.42 Å². The standard InChI is InChI=1S/C14H19NO/c1-2-3-8-13-9-11-6-4-5-7-12(11)10-14(16)15-13/h4-7,13H,2-3,8-10H2,1H3,(H,15,16). The van der Waals surface area contributed by atoms with E-state index in [4.69, 9.17) is 0 Å². The lowest BCUT2D eigenvalue weighted by Crippen LogP contribution is -2.35. The Morgan fingerprint density at radius 1 is 1.31 bits per heavy atom. The summed E-state index contributed by atoms with van der Waals surface area (Å²) in [7, 11) is 0. The molecule has 0 fully saturated rings. The maximum absolute atomic E-state index is 11.7. The van der Waals surface area contributed by atoms with Gasteiger partial charge in [-0.05, 0) is 24.0 Å². The molecule has 1 aliphatic heterocycles. The number of amides is 1. The first kappa shape index (κ1) is 11.2. The van der Waals surface area contributed by atoms with Gasteiger partial charge in [-0.1, -0.05) is 44.0 Å².